The summed E-state index contributed by atoms with van der Waals surface area (Å²) >= 11 is 6.97. The molecular weight excluding hydrogens is 333 g/mol. The Balaban J connectivity index is 2.25. The predicted octanol–water partition coefficient (Wildman–Crippen LogP) is 6.25. The second-order valence-corrected chi connectivity index (χ2v) is 6.86. The second kappa shape index (κ2) is 6.08. The third-order valence-corrected chi connectivity index (χ3v) is 4.69. The summed E-state index contributed by atoms with van der Waals surface area (Å²) in [5, 5.41) is 5.08. The number of aromatic nitrogens is 1. The van der Waals surface area contributed by atoms with Crippen LogP contribution in [0.3, 0.4) is 0 Å². The number of anilines is 2. The van der Waals surface area contributed by atoms with Crippen LogP contribution >= 0.6 is 22.9 Å². The molecule has 1 aromatic carbocycles. The number of hydrogen-bond donors (Lipinski definition) is 1. The lowest BCUT2D eigenvalue weighted by atomic mass is 9.87. The molecule has 0 radical (unpaired) electrons. The van der Waals surface area contributed by atoms with Gasteiger partial charge in [-0.1, -0.05) is 32.4 Å². The molecule has 0 spiro atoms. The third-order valence-electron chi connectivity index (χ3n) is 3.60. The van der Waals surface area contributed by atoms with Crippen LogP contribution < -0.4 is 5.32 Å². The fourth-order valence-corrected chi connectivity index (χ4v) is 2.91. The van der Waals surface area contributed by atoms with Crippen molar-refractivity contribution >= 4 is 33.8 Å². The van der Waals surface area contributed by atoms with Crippen molar-refractivity contribution in [2.75, 3.05) is 5.32 Å². The van der Waals surface area contributed by atoms with Gasteiger partial charge in [-0.15, -0.1) is 11.3 Å². The minimum Gasteiger partial charge on any atom is -0.332 e. The lowest BCUT2D eigenvalue weighted by molar-refractivity contribution is -0.137. The molecule has 2 rings (SSSR count). The van der Waals surface area contributed by atoms with Crippen molar-refractivity contribution in [2.24, 2.45) is 0 Å². The number of nitrogens with one attached hydrogen (secondary N) is 1. The molecule has 1 heterocycles. The van der Waals surface area contributed by atoms with Crippen molar-refractivity contribution in [1.29, 1.82) is 0 Å². The maximum Gasteiger partial charge on any atom is 0.417 e. The van der Waals surface area contributed by atoms with Crippen LogP contribution in [-0.4, -0.2) is 4.98 Å². The molecule has 120 valence electrons. The summed E-state index contributed by atoms with van der Waals surface area (Å²) in [7, 11) is 0. The smallest absolute Gasteiger partial charge is 0.332 e. The largest absolute Gasteiger partial charge is 0.417 e. The number of thiazole rings is 1. The third kappa shape index (κ3) is 3.73. The quantitative estimate of drug-likeness (QED) is 0.706. The van der Waals surface area contributed by atoms with E-state index >= 15 is 0 Å². The summed E-state index contributed by atoms with van der Waals surface area (Å²) in [4.78, 5) is 4.46. The van der Waals surface area contributed by atoms with Gasteiger partial charge in [-0.25, -0.2) is 4.98 Å². The van der Waals surface area contributed by atoms with Gasteiger partial charge in [-0.05, 0) is 24.6 Å². The zero-order valence-electron chi connectivity index (χ0n) is 12.4. The molecule has 0 amide bonds. The number of nitrogens with zero attached hydrogens (tertiary/aromatic N) is 1. The van der Waals surface area contributed by atoms with E-state index in [1.54, 1.807) is 0 Å². The Morgan fingerprint density at radius 3 is 2.55 bits per heavy atom. The van der Waals surface area contributed by atoms with Crippen molar-refractivity contribution in [1.82, 2.24) is 4.98 Å². The average Bonchev–Trinajstić information content (AvgIpc) is 2.89. The van der Waals surface area contributed by atoms with E-state index in [-0.39, 0.29) is 10.4 Å². The molecule has 22 heavy (non-hydrogen) atoms. The second-order valence-electron chi connectivity index (χ2n) is 5.59. The van der Waals surface area contributed by atoms with Gasteiger partial charge < -0.3 is 5.32 Å². The van der Waals surface area contributed by atoms with Crippen LogP contribution in [0, 0.1) is 0 Å². The number of benzene rings is 1. The van der Waals surface area contributed by atoms with Gasteiger partial charge in [0.1, 0.15) is 0 Å². The van der Waals surface area contributed by atoms with E-state index < -0.39 is 11.7 Å². The van der Waals surface area contributed by atoms with E-state index in [0.29, 0.717) is 10.8 Å². The highest BCUT2D eigenvalue weighted by molar-refractivity contribution is 7.13. The normalized spacial score (nSPS) is 12.5. The van der Waals surface area contributed by atoms with Crippen molar-refractivity contribution < 1.29 is 13.2 Å². The fraction of sp³-hybridized carbons (Fsp3) is 0.400. The first-order valence-corrected chi connectivity index (χ1v) is 7.99. The first kappa shape index (κ1) is 17.1. The van der Waals surface area contributed by atoms with Gasteiger partial charge in [-0.2, -0.15) is 13.2 Å². The van der Waals surface area contributed by atoms with Gasteiger partial charge in [0.2, 0.25) is 0 Å². The van der Waals surface area contributed by atoms with E-state index in [0.717, 1.165) is 18.2 Å². The maximum atomic E-state index is 12.8. The summed E-state index contributed by atoms with van der Waals surface area (Å²) in [6, 6.07) is 3.73. The van der Waals surface area contributed by atoms with Crippen LogP contribution in [0.25, 0.3) is 0 Å². The topological polar surface area (TPSA) is 24.9 Å². The number of halogens is 4. The predicted molar refractivity (Wildman–Crippen MR) is 85.2 cm³/mol. The minimum absolute atomic E-state index is 0.0619. The van der Waals surface area contributed by atoms with E-state index in [1.165, 1.54) is 23.5 Å². The summed E-state index contributed by atoms with van der Waals surface area (Å²) in [6.07, 6.45) is -3.55. The van der Waals surface area contributed by atoms with Crippen LogP contribution in [-0.2, 0) is 11.6 Å². The van der Waals surface area contributed by atoms with Crippen LogP contribution in [0.15, 0.2) is 23.6 Å². The molecule has 0 atom stereocenters. The van der Waals surface area contributed by atoms with Crippen molar-refractivity contribution in [2.45, 2.75) is 38.8 Å². The van der Waals surface area contributed by atoms with Gasteiger partial charge in [0.05, 0.1) is 16.3 Å². The van der Waals surface area contributed by atoms with E-state index in [4.69, 9.17) is 11.6 Å². The first-order chi connectivity index (χ1) is 10.1. The van der Waals surface area contributed by atoms with Crippen LogP contribution in [0.5, 0.6) is 0 Å². The van der Waals surface area contributed by atoms with Crippen molar-refractivity contribution in [3.05, 3.63) is 39.9 Å². The lowest BCUT2D eigenvalue weighted by Gasteiger charge is -2.19. The molecule has 0 fully saturated rings. The Labute approximate surface area is 136 Å². The molecule has 0 aliphatic rings. The van der Waals surface area contributed by atoms with E-state index in [2.05, 4.69) is 31.1 Å². The summed E-state index contributed by atoms with van der Waals surface area (Å²) < 4.78 is 38.5. The molecule has 0 bridgehead atoms. The van der Waals surface area contributed by atoms with Crippen molar-refractivity contribution in [3.63, 3.8) is 0 Å². The SMILES string of the molecule is CCC(C)(C)c1csc(Nc2ccc(Cl)c(C(F)(F)F)c2)n1. The molecule has 0 aliphatic carbocycles. The standard InChI is InChI=1S/C15H16ClF3N2S/c1-4-14(2,3)12-8-22-13(21-12)20-9-5-6-11(16)10(7-9)15(17,18)19/h5-8H,4H2,1-3H3,(H,20,21). The Bertz CT molecular complexity index is 665. The van der Waals surface area contributed by atoms with Crippen LogP contribution in [0.2, 0.25) is 5.02 Å². The highest BCUT2D eigenvalue weighted by Crippen LogP contribution is 2.37. The fourth-order valence-electron chi connectivity index (χ4n) is 1.77. The number of alkyl halides is 3. The average molecular weight is 349 g/mol. The van der Waals surface area contributed by atoms with Gasteiger partial charge in [0.25, 0.3) is 0 Å². The molecule has 1 N–H and O–H groups in total. The maximum absolute atomic E-state index is 12.8. The molecule has 7 heteroatoms. The Kier molecular flexibility index (Phi) is 4.73. The minimum atomic E-state index is -4.48. The summed E-state index contributed by atoms with van der Waals surface area (Å²) in [6.45, 7) is 6.23. The molecule has 0 saturated carbocycles. The number of hydrogen-bond acceptors (Lipinski definition) is 3. The Morgan fingerprint density at radius 1 is 1.27 bits per heavy atom. The molecule has 1 aromatic heterocycles. The molecular formula is C15H16ClF3N2S. The molecule has 0 aliphatic heterocycles. The molecule has 2 aromatic rings. The van der Waals surface area contributed by atoms with Gasteiger partial charge >= 0.3 is 6.18 Å². The highest BCUT2D eigenvalue weighted by Gasteiger charge is 2.33. The Hall–Kier alpha value is -1.27. The van der Waals surface area contributed by atoms with E-state index in [1.807, 2.05) is 5.38 Å². The zero-order chi connectivity index (χ0) is 16.5. The first-order valence-electron chi connectivity index (χ1n) is 6.73. The number of rotatable bonds is 4. The van der Waals surface area contributed by atoms with Gasteiger partial charge in [0.15, 0.2) is 5.13 Å². The zero-order valence-corrected chi connectivity index (χ0v) is 14.0. The molecule has 0 saturated heterocycles. The highest BCUT2D eigenvalue weighted by atomic mass is 35.5. The summed E-state index contributed by atoms with van der Waals surface area (Å²) in [5.41, 5.74) is 0.317. The van der Waals surface area contributed by atoms with Crippen molar-refractivity contribution in [3.8, 4) is 0 Å². The molecule has 2 nitrogen and oxygen atoms in total. The molecule has 0 unspecified atom stereocenters. The van der Waals surface area contributed by atoms with Crippen LogP contribution in [0.1, 0.15) is 38.4 Å². The monoisotopic (exact) mass is 348 g/mol. The van der Waals surface area contributed by atoms with Crippen LogP contribution in [0.4, 0.5) is 24.0 Å². The van der Waals surface area contributed by atoms with Gasteiger partial charge in [-0.3, -0.25) is 0 Å². The lowest BCUT2D eigenvalue weighted by Crippen LogP contribution is -2.15. The van der Waals surface area contributed by atoms with Gasteiger partial charge in [0, 0.05) is 16.5 Å². The van der Waals surface area contributed by atoms with E-state index in [9.17, 15) is 13.2 Å². The summed E-state index contributed by atoms with van der Waals surface area (Å²) in [5.74, 6) is 0. The Morgan fingerprint density at radius 2 is 1.95 bits per heavy atom.